The smallest absolute Gasteiger partial charge is 0.237 e. The molecule has 5 nitrogen and oxygen atoms in total. The molecule has 0 bridgehead atoms. The molecule has 2 aliphatic rings. The quantitative estimate of drug-likeness (QED) is 0.857. The van der Waals surface area contributed by atoms with Gasteiger partial charge in [0.15, 0.2) is 0 Å². The van der Waals surface area contributed by atoms with Gasteiger partial charge in [-0.2, -0.15) is 0 Å². The van der Waals surface area contributed by atoms with Gasteiger partial charge in [-0.25, -0.2) is 0 Å². The summed E-state index contributed by atoms with van der Waals surface area (Å²) >= 11 is 0. The van der Waals surface area contributed by atoms with Gasteiger partial charge in [0, 0.05) is 31.9 Å². The first-order valence-electron chi connectivity index (χ1n) is 10.3. The van der Waals surface area contributed by atoms with E-state index in [1.807, 2.05) is 19.1 Å². The first-order chi connectivity index (χ1) is 13.6. The number of phenols is 1. The van der Waals surface area contributed by atoms with Crippen LogP contribution in [0.4, 0.5) is 5.69 Å². The van der Waals surface area contributed by atoms with Crippen LogP contribution in [-0.4, -0.2) is 48.1 Å². The topological polar surface area (TPSA) is 55.8 Å². The van der Waals surface area contributed by atoms with Crippen molar-refractivity contribution in [2.75, 3.05) is 31.1 Å². The normalized spacial score (nSPS) is 21.0. The number of aryl methyl sites for hydroxylation is 1. The Morgan fingerprint density at radius 2 is 1.79 bits per heavy atom. The number of carbonyl (C=O) groups excluding carboxylic acids is 1. The molecule has 0 saturated carbocycles. The maximum Gasteiger partial charge on any atom is 0.237 e. The second-order valence-electron chi connectivity index (χ2n) is 7.87. The molecule has 0 spiro atoms. The monoisotopic (exact) mass is 379 g/mol. The summed E-state index contributed by atoms with van der Waals surface area (Å²) in [6, 6.07) is 15.8. The standard InChI is InChI=1S/C23H29N3O2/c1-17(23(28)24-22-8-4-6-18-5-2-3-7-21(18)22)25-13-15-26(16-14-25)19-9-11-20(27)12-10-19/h2-3,5,7,9-12,17,22,27H,4,6,8,13-16H2,1H3,(H,24,28)/t17-,22-/m1/s1. The SMILES string of the molecule is C[C@H](C(=O)N[C@@H]1CCCc2ccccc21)N1CCN(c2ccc(O)cc2)CC1. The third-order valence-electron chi connectivity index (χ3n) is 6.14. The molecular formula is C23H29N3O2. The zero-order valence-corrected chi connectivity index (χ0v) is 16.5. The summed E-state index contributed by atoms with van der Waals surface area (Å²) < 4.78 is 0. The fraction of sp³-hybridized carbons (Fsp3) is 0.435. The first kappa shape index (κ1) is 18.8. The Kier molecular flexibility index (Phi) is 5.53. The molecule has 148 valence electrons. The summed E-state index contributed by atoms with van der Waals surface area (Å²) in [5.41, 5.74) is 3.77. The zero-order valence-electron chi connectivity index (χ0n) is 16.5. The number of rotatable bonds is 4. The van der Waals surface area contributed by atoms with Crippen molar-refractivity contribution in [2.45, 2.75) is 38.3 Å². The average molecular weight is 380 g/mol. The number of benzene rings is 2. The predicted molar refractivity (Wildman–Crippen MR) is 112 cm³/mol. The van der Waals surface area contributed by atoms with E-state index < -0.39 is 0 Å². The highest BCUT2D eigenvalue weighted by Gasteiger charge is 2.28. The number of nitrogens with zero attached hydrogens (tertiary/aromatic N) is 2. The third-order valence-corrected chi connectivity index (χ3v) is 6.14. The van der Waals surface area contributed by atoms with Gasteiger partial charge in [0.05, 0.1) is 12.1 Å². The summed E-state index contributed by atoms with van der Waals surface area (Å²) in [7, 11) is 0. The molecule has 2 atom stereocenters. The van der Waals surface area contributed by atoms with Crippen LogP contribution >= 0.6 is 0 Å². The number of hydrogen-bond acceptors (Lipinski definition) is 4. The lowest BCUT2D eigenvalue weighted by Crippen LogP contribution is -2.54. The van der Waals surface area contributed by atoms with E-state index in [0.717, 1.165) is 51.1 Å². The minimum Gasteiger partial charge on any atom is -0.508 e. The van der Waals surface area contributed by atoms with Gasteiger partial charge in [0.25, 0.3) is 0 Å². The lowest BCUT2D eigenvalue weighted by molar-refractivity contribution is -0.126. The van der Waals surface area contributed by atoms with Crippen LogP contribution in [-0.2, 0) is 11.2 Å². The Balaban J connectivity index is 1.33. The van der Waals surface area contributed by atoms with E-state index in [4.69, 9.17) is 0 Å². The lowest BCUT2D eigenvalue weighted by atomic mass is 9.87. The first-order valence-corrected chi connectivity index (χ1v) is 10.3. The van der Waals surface area contributed by atoms with E-state index in [-0.39, 0.29) is 23.7 Å². The number of piperazine rings is 1. The van der Waals surface area contributed by atoms with Gasteiger partial charge in [-0.15, -0.1) is 0 Å². The lowest BCUT2D eigenvalue weighted by Gasteiger charge is -2.39. The molecule has 0 unspecified atom stereocenters. The highest BCUT2D eigenvalue weighted by atomic mass is 16.3. The van der Waals surface area contributed by atoms with E-state index in [0.29, 0.717) is 0 Å². The number of hydrogen-bond donors (Lipinski definition) is 2. The van der Waals surface area contributed by atoms with Gasteiger partial charge in [-0.1, -0.05) is 24.3 Å². The zero-order chi connectivity index (χ0) is 19.5. The number of amides is 1. The maximum atomic E-state index is 12.9. The number of phenolic OH excluding ortho intramolecular Hbond substituents is 1. The largest absolute Gasteiger partial charge is 0.508 e. The van der Waals surface area contributed by atoms with Crippen LogP contribution in [0.5, 0.6) is 5.75 Å². The van der Waals surface area contributed by atoms with E-state index in [2.05, 4.69) is 39.4 Å². The van der Waals surface area contributed by atoms with Crippen molar-refractivity contribution in [3.05, 3.63) is 59.7 Å². The summed E-state index contributed by atoms with van der Waals surface area (Å²) in [4.78, 5) is 17.5. The van der Waals surface area contributed by atoms with Gasteiger partial charge in [-0.3, -0.25) is 9.69 Å². The van der Waals surface area contributed by atoms with E-state index >= 15 is 0 Å². The molecule has 4 rings (SSSR count). The average Bonchev–Trinajstić information content (AvgIpc) is 2.74. The highest BCUT2D eigenvalue weighted by molar-refractivity contribution is 5.82. The van der Waals surface area contributed by atoms with Crippen LogP contribution < -0.4 is 10.2 Å². The van der Waals surface area contributed by atoms with Gasteiger partial charge in [0.1, 0.15) is 5.75 Å². The van der Waals surface area contributed by atoms with Gasteiger partial charge in [-0.05, 0) is 61.6 Å². The number of nitrogens with one attached hydrogen (secondary N) is 1. The highest BCUT2D eigenvalue weighted by Crippen LogP contribution is 2.29. The fourth-order valence-corrected chi connectivity index (χ4v) is 4.39. The molecule has 1 fully saturated rings. The summed E-state index contributed by atoms with van der Waals surface area (Å²) in [5, 5.41) is 12.8. The Bertz CT molecular complexity index is 813. The maximum absolute atomic E-state index is 12.9. The Morgan fingerprint density at radius 3 is 2.54 bits per heavy atom. The van der Waals surface area contributed by atoms with Crippen molar-refractivity contribution in [3.8, 4) is 5.75 Å². The van der Waals surface area contributed by atoms with Crippen molar-refractivity contribution >= 4 is 11.6 Å². The molecule has 1 amide bonds. The van der Waals surface area contributed by atoms with Gasteiger partial charge >= 0.3 is 0 Å². The van der Waals surface area contributed by atoms with Crippen molar-refractivity contribution < 1.29 is 9.90 Å². The minimum atomic E-state index is -0.129. The number of anilines is 1. The van der Waals surface area contributed by atoms with E-state index in [1.165, 1.54) is 11.1 Å². The molecule has 1 aliphatic carbocycles. The van der Waals surface area contributed by atoms with Gasteiger partial charge in [0.2, 0.25) is 5.91 Å². The van der Waals surface area contributed by atoms with Crippen LogP contribution in [0.15, 0.2) is 48.5 Å². The Morgan fingerprint density at radius 1 is 1.07 bits per heavy atom. The van der Waals surface area contributed by atoms with Crippen molar-refractivity contribution in [1.29, 1.82) is 0 Å². The molecule has 5 heteroatoms. The molecule has 2 N–H and O–H groups in total. The Hall–Kier alpha value is -2.53. The molecule has 0 aromatic heterocycles. The molecule has 28 heavy (non-hydrogen) atoms. The van der Waals surface area contributed by atoms with Crippen LogP contribution in [0.25, 0.3) is 0 Å². The molecule has 1 heterocycles. The summed E-state index contributed by atoms with van der Waals surface area (Å²) in [6.07, 6.45) is 3.25. The van der Waals surface area contributed by atoms with E-state index in [9.17, 15) is 9.90 Å². The van der Waals surface area contributed by atoms with Gasteiger partial charge < -0.3 is 15.3 Å². The van der Waals surface area contributed by atoms with Crippen LogP contribution in [0, 0.1) is 0 Å². The second-order valence-corrected chi connectivity index (χ2v) is 7.87. The molecule has 0 radical (unpaired) electrons. The van der Waals surface area contributed by atoms with Crippen LogP contribution in [0.2, 0.25) is 0 Å². The summed E-state index contributed by atoms with van der Waals surface area (Å²) in [5.74, 6) is 0.414. The number of fused-ring (bicyclic) bond motifs is 1. The molecule has 1 aliphatic heterocycles. The number of carbonyl (C=O) groups is 1. The van der Waals surface area contributed by atoms with E-state index in [1.54, 1.807) is 12.1 Å². The van der Waals surface area contributed by atoms with Crippen molar-refractivity contribution in [2.24, 2.45) is 0 Å². The molecular weight excluding hydrogens is 350 g/mol. The van der Waals surface area contributed by atoms with Crippen molar-refractivity contribution in [1.82, 2.24) is 10.2 Å². The second kappa shape index (κ2) is 8.23. The third kappa shape index (κ3) is 3.99. The molecule has 2 aromatic rings. The molecule has 2 aromatic carbocycles. The Labute approximate surface area is 167 Å². The van der Waals surface area contributed by atoms with Crippen LogP contribution in [0.3, 0.4) is 0 Å². The summed E-state index contributed by atoms with van der Waals surface area (Å²) in [6.45, 7) is 5.50. The van der Waals surface area contributed by atoms with Crippen molar-refractivity contribution in [3.63, 3.8) is 0 Å². The number of aromatic hydroxyl groups is 1. The molecule has 1 saturated heterocycles. The minimum absolute atomic E-state index is 0.125. The predicted octanol–water partition coefficient (Wildman–Crippen LogP) is 3.10. The fourth-order valence-electron chi connectivity index (χ4n) is 4.39. The van der Waals surface area contributed by atoms with Crippen LogP contribution in [0.1, 0.15) is 36.9 Å².